The summed E-state index contributed by atoms with van der Waals surface area (Å²) in [6, 6.07) is 10.8. The minimum atomic E-state index is 0.237. The highest BCUT2D eigenvalue weighted by molar-refractivity contribution is 8.18. The Bertz CT molecular complexity index is 313. The summed E-state index contributed by atoms with van der Waals surface area (Å²) < 4.78 is 0.237. The Morgan fingerprint density at radius 1 is 1.20 bits per heavy atom. The van der Waals surface area contributed by atoms with Gasteiger partial charge in [-0.2, -0.15) is 0 Å². The van der Waals surface area contributed by atoms with E-state index in [-0.39, 0.29) is 4.08 Å². The van der Waals surface area contributed by atoms with Crippen LogP contribution in [0.4, 0.5) is 0 Å². The van der Waals surface area contributed by atoms with Gasteiger partial charge in [-0.15, -0.1) is 30.1 Å². The molecule has 0 saturated carbocycles. The molecule has 15 heavy (non-hydrogen) atoms. The first kappa shape index (κ1) is 11.2. The molecule has 0 N–H and O–H groups in total. The van der Waals surface area contributed by atoms with Crippen LogP contribution in [0.5, 0.6) is 0 Å². The van der Waals surface area contributed by atoms with Gasteiger partial charge in [0, 0.05) is 0 Å². The van der Waals surface area contributed by atoms with Crippen LogP contribution in [0.25, 0.3) is 0 Å². The number of benzene rings is 1. The van der Waals surface area contributed by atoms with E-state index in [2.05, 4.69) is 66.5 Å². The van der Waals surface area contributed by atoms with Gasteiger partial charge in [-0.3, -0.25) is 0 Å². The van der Waals surface area contributed by atoms with Crippen LogP contribution < -0.4 is 0 Å². The quantitative estimate of drug-likeness (QED) is 0.718. The molecular formula is C13H16S2. The van der Waals surface area contributed by atoms with Crippen molar-refractivity contribution >= 4 is 23.5 Å². The van der Waals surface area contributed by atoms with Gasteiger partial charge < -0.3 is 0 Å². The summed E-state index contributed by atoms with van der Waals surface area (Å²) >= 11 is 4.16. The van der Waals surface area contributed by atoms with Crippen LogP contribution in [-0.4, -0.2) is 11.5 Å². The van der Waals surface area contributed by atoms with Crippen LogP contribution >= 0.6 is 23.5 Å². The van der Waals surface area contributed by atoms with Gasteiger partial charge in [-0.1, -0.05) is 36.4 Å². The van der Waals surface area contributed by atoms with Crippen molar-refractivity contribution in [2.45, 2.75) is 16.9 Å². The van der Waals surface area contributed by atoms with Crippen LogP contribution in [0.1, 0.15) is 18.4 Å². The average molecular weight is 236 g/mol. The summed E-state index contributed by atoms with van der Waals surface area (Å²) in [4.78, 5) is 0. The molecule has 0 unspecified atom stereocenters. The standard InChI is InChI=1S/C13H16S2/c1-2-9-13(14-10-6-11-15-13)12-7-4-3-5-8-12/h2-5,7-8H,1,6,9-11H2. The molecule has 0 nitrogen and oxygen atoms in total. The van der Waals surface area contributed by atoms with Gasteiger partial charge in [-0.05, 0) is 29.9 Å². The van der Waals surface area contributed by atoms with Crippen LogP contribution in [0.3, 0.4) is 0 Å². The Morgan fingerprint density at radius 2 is 1.87 bits per heavy atom. The van der Waals surface area contributed by atoms with Gasteiger partial charge in [0.15, 0.2) is 0 Å². The fraction of sp³-hybridized carbons (Fsp3) is 0.385. The molecule has 2 heteroatoms. The van der Waals surface area contributed by atoms with E-state index in [4.69, 9.17) is 0 Å². The Labute approximate surface area is 101 Å². The summed E-state index contributed by atoms with van der Waals surface area (Å²) in [7, 11) is 0. The highest BCUT2D eigenvalue weighted by Gasteiger charge is 2.33. The van der Waals surface area contributed by atoms with E-state index in [0.29, 0.717) is 0 Å². The van der Waals surface area contributed by atoms with Crippen molar-refractivity contribution in [1.29, 1.82) is 0 Å². The summed E-state index contributed by atoms with van der Waals surface area (Å²) in [6.45, 7) is 3.90. The lowest BCUT2D eigenvalue weighted by Gasteiger charge is -2.35. The smallest absolute Gasteiger partial charge is 0.0894 e. The normalized spacial score (nSPS) is 19.7. The maximum absolute atomic E-state index is 3.90. The second-order valence-corrected chi connectivity index (χ2v) is 6.71. The maximum atomic E-state index is 3.90. The Morgan fingerprint density at radius 3 is 2.47 bits per heavy atom. The molecular weight excluding hydrogens is 220 g/mol. The summed E-state index contributed by atoms with van der Waals surface area (Å²) in [6.07, 6.45) is 4.45. The first-order valence-corrected chi connectivity index (χ1v) is 7.29. The number of hydrogen-bond donors (Lipinski definition) is 0. The monoisotopic (exact) mass is 236 g/mol. The van der Waals surface area contributed by atoms with Crippen molar-refractivity contribution in [2.75, 3.05) is 11.5 Å². The van der Waals surface area contributed by atoms with E-state index >= 15 is 0 Å². The van der Waals surface area contributed by atoms with E-state index in [9.17, 15) is 0 Å². The molecule has 0 aliphatic carbocycles. The molecule has 80 valence electrons. The minimum absolute atomic E-state index is 0.237. The SMILES string of the molecule is C=CCC1(c2ccccc2)SCCCS1. The minimum Gasteiger partial charge on any atom is -0.139 e. The zero-order valence-electron chi connectivity index (χ0n) is 8.82. The second kappa shape index (κ2) is 5.13. The highest BCUT2D eigenvalue weighted by atomic mass is 32.2. The third-order valence-electron chi connectivity index (χ3n) is 2.59. The van der Waals surface area contributed by atoms with E-state index in [0.717, 1.165) is 6.42 Å². The molecule has 0 bridgehead atoms. The molecule has 1 aromatic carbocycles. The molecule has 0 aromatic heterocycles. The number of thioether (sulfide) groups is 2. The molecule has 1 heterocycles. The Balaban J connectivity index is 2.29. The van der Waals surface area contributed by atoms with Crippen molar-refractivity contribution < 1.29 is 0 Å². The second-order valence-electron chi connectivity index (χ2n) is 3.66. The topological polar surface area (TPSA) is 0 Å². The van der Waals surface area contributed by atoms with Crippen molar-refractivity contribution in [3.63, 3.8) is 0 Å². The highest BCUT2D eigenvalue weighted by Crippen LogP contribution is 2.52. The van der Waals surface area contributed by atoms with E-state index in [1.807, 2.05) is 0 Å². The molecule has 0 atom stereocenters. The summed E-state index contributed by atoms with van der Waals surface area (Å²) in [5.41, 5.74) is 1.44. The van der Waals surface area contributed by atoms with Gasteiger partial charge in [0.25, 0.3) is 0 Å². The molecule has 0 amide bonds. The van der Waals surface area contributed by atoms with Crippen LogP contribution in [0.2, 0.25) is 0 Å². The molecule has 1 aromatic rings. The summed E-state index contributed by atoms with van der Waals surface area (Å²) in [5.74, 6) is 2.55. The maximum Gasteiger partial charge on any atom is 0.0894 e. The van der Waals surface area contributed by atoms with Gasteiger partial charge in [0.05, 0.1) is 4.08 Å². The van der Waals surface area contributed by atoms with Crippen molar-refractivity contribution in [1.82, 2.24) is 0 Å². The fourth-order valence-corrected chi connectivity index (χ4v) is 5.19. The van der Waals surface area contributed by atoms with Gasteiger partial charge >= 0.3 is 0 Å². The predicted molar refractivity (Wildman–Crippen MR) is 72.5 cm³/mol. The van der Waals surface area contributed by atoms with E-state index in [1.165, 1.54) is 23.5 Å². The van der Waals surface area contributed by atoms with Crippen LogP contribution in [0, 0.1) is 0 Å². The molecule has 0 spiro atoms. The van der Waals surface area contributed by atoms with Crippen molar-refractivity contribution in [2.24, 2.45) is 0 Å². The molecule has 1 aliphatic rings. The fourth-order valence-electron chi connectivity index (χ4n) is 1.86. The van der Waals surface area contributed by atoms with Crippen LogP contribution in [0.15, 0.2) is 43.0 Å². The number of rotatable bonds is 3. The van der Waals surface area contributed by atoms with Crippen LogP contribution in [-0.2, 0) is 4.08 Å². The zero-order chi connectivity index (χ0) is 10.6. The lowest BCUT2D eigenvalue weighted by Crippen LogP contribution is -2.21. The molecule has 1 saturated heterocycles. The first-order valence-electron chi connectivity index (χ1n) is 5.32. The largest absolute Gasteiger partial charge is 0.139 e. The van der Waals surface area contributed by atoms with E-state index < -0.39 is 0 Å². The van der Waals surface area contributed by atoms with E-state index in [1.54, 1.807) is 0 Å². The van der Waals surface area contributed by atoms with Gasteiger partial charge in [0.2, 0.25) is 0 Å². The molecule has 2 rings (SSSR count). The lowest BCUT2D eigenvalue weighted by atomic mass is 10.1. The summed E-state index contributed by atoms with van der Waals surface area (Å²) in [5, 5.41) is 0. The molecule has 1 aliphatic heterocycles. The van der Waals surface area contributed by atoms with Gasteiger partial charge in [0.1, 0.15) is 0 Å². The number of hydrogen-bond acceptors (Lipinski definition) is 2. The Kier molecular flexibility index (Phi) is 3.81. The molecule has 0 radical (unpaired) electrons. The number of allylic oxidation sites excluding steroid dienone is 1. The third kappa shape index (κ3) is 2.43. The van der Waals surface area contributed by atoms with Crippen molar-refractivity contribution in [3.8, 4) is 0 Å². The first-order chi connectivity index (χ1) is 7.37. The lowest BCUT2D eigenvalue weighted by molar-refractivity contribution is 0.875. The van der Waals surface area contributed by atoms with Gasteiger partial charge in [-0.25, -0.2) is 0 Å². The zero-order valence-corrected chi connectivity index (χ0v) is 10.4. The third-order valence-corrected chi connectivity index (χ3v) is 6.02. The Hall–Kier alpha value is -0.340. The average Bonchev–Trinajstić information content (AvgIpc) is 2.32. The van der Waals surface area contributed by atoms with Crippen molar-refractivity contribution in [3.05, 3.63) is 48.6 Å². The molecule has 1 fully saturated rings. The predicted octanol–water partition coefficient (Wildman–Crippen LogP) is 4.29.